The van der Waals surface area contributed by atoms with Crippen LogP contribution in [0.5, 0.6) is 5.75 Å². The first-order chi connectivity index (χ1) is 14.4. The molecule has 30 heavy (non-hydrogen) atoms. The molecule has 0 aromatic heterocycles. The van der Waals surface area contributed by atoms with Gasteiger partial charge in [-0.15, -0.1) is 0 Å². The summed E-state index contributed by atoms with van der Waals surface area (Å²) in [5.41, 5.74) is 6.35. The van der Waals surface area contributed by atoms with Crippen molar-refractivity contribution in [2.24, 2.45) is 11.7 Å². The minimum absolute atomic E-state index is 0.0739. The average Bonchev–Trinajstić information content (AvgIpc) is 3.53. The molecular weight excluding hydrogens is 398 g/mol. The third-order valence-corrected chi connectivity index (χ3v) is 5.30. The van der Waals surface area contributed by atoms with Crippen molar-refractivity contribution in [1.82, 2.24) is 4.90 Å². The second-order valence-corrected chi connectivity index (χ2v) is 7.43. The van der Waals surface area contributed by atoms with Crippen LogP contribution in [0.2, 0.25) is 0 Å². The number of nitrogens with zero attached hydrogens (tertiary/aromatic N) is 2. The molecule has 1 heterocycles. The quantitative estimate of drug-likeness (QED) is 0.591. The number of anilines is 2. The first-order valence-corrected chi connectivity index (χ1v) is 10.1. The van der Waals surface area contributed by atoms with E-state index in [0.29, 0.717) is 31.3 Å². The molecule has 0 spiro atoms. The number of carbonyl (C=O) groups excluding carboxylic acids is 2. The van der Waals surface area contributed by atoms with Crippen LogP contribution in [0.3, 0.4) is 0 Å². The minimum Gasteiger partial charge on any atom is -0.433 e. The summed E-state index contributed by atoms with van der Waals surface area (Å²) in [6.45, 7) is 1.00. The Labute approximate surface area is 174 Å². The maximum Gasteiger partial charge on any atom is 0.387 e. The van der Waals surface area contributed by atoms with Crippen LogP contribution in [0.25, 0.3) is 0 Å². The summed E-state index contributed by atoms with van der Waals surface area (Å²) in [6.07, 6.45) is 2.28. The van der Waals surface area contributed by atoms with E-state index in [4.69, 9.17) is 10.5 Å². The Hall–Kier alpha value is -2.30. The molecule has 10 heteroatoms. The number of morpholine rings is 1. The molecule has 2 amide bonds. The van der Waals surface area contributed by atoms with Crippen LogP contribution in [0.1, 0.15) is 19.8 Å². The van der Waals surface area contributed by atoms with E-state index in [1.54, 1.807) is 6.07 Å². The van der Waals surface area contributed by atoms with E-state index in [-0.39, 0.29) is 36.4 Å². The van der Waals surface area contributed by atoms with Crippen LogP contribution < -0.4 is 20.7 Å². The number of likely N-dealkylation sites (N-methyl/N-ethyl adjacent to an activating group) is 1. The zero-order valence-electron chi connectivity index (χ0n) is 17.0. The summed E-state index contributed by atoms with van der Waals surface area (Å²) in [7, 11) is 0. The predicted molar refractivity (Wildman–Crippen MR) is 108 cm³/mol. The van der Waals surface area contributed by atoms with Crippen molar-refractivity contribution in [3.8, 4) is 5.75 Å². The van der Waals surface area contributed by atoms with Crippen molar-refractivity contribution in [3.05, 3.63) is 18.2 Å². The third-order valence-electron chi connectivity index (χ3n) is 5.30. The molecule has 0 radical (unpaired) electrons. The summed E-state index contributed by atoms with van der Waals surface area (Å²) in [6, 6.07) is 3.79. The number of halogens is 2. The van der Waals surface area contributed by atoms with Crippen molar-refractivity contribution >= 4 is 23.2 Å². The van der Waals surface area contributed by atoms with Crippen LogP contribution in [0, 0.1) is 5.92 Å². The Kier molecular flexibility index (Phi) is 7.57. The molecule has 166 valence electrons. The lowest BCUT2D eigenvalue weighted by molar-refractivity contribution is -0.125. The molecule has 1 aliphatic heterocycles. The first kappa shape index (κ1) is 22.4. The summed E-state index contributed by atoms with van der Waals surface area (Å²) >= 11 is 0. The second kappa shape index (κ2) is 10.1. The normalized spacial score (nSPS) is 18.1. The minimum atomic E-state index is -3.08. The molecule has 3 rings (SSSR count). The number of ether oxygens (including phenoxy) is 2. The van der Waals surface area contributed by atoms with Crippen molar-refractivity contribution in [3.63, 3.8) is 0 Å². The van der Waals surface area contributed by atoms with Crippen molar-refractivity contribution in [2.45, 2.75) is 32.4 Å². The van der Waals surface area contributed by atoms with Gasteiger partial charge in [0.2, 0.25) is 5.91 Å². The van der Waals surface area contributed by atoms with Gasteiger partial charge in [0.25, 0.3) is 5.91 Å². The molecule has 3 N–H and O–H groups in total. The highest BCUT2D eigenvalue weighted by Gasteiger charge is 2.31. The van der Waals surface area contributed by atoms with Gasteiger partial charge in [-0.3, -0.25) is 14.5 Å². The van der Waals surface area contributed by atoms with Gasteiger partial charge < -0.3 is 25.4 Å². The second-order valence-electron chi connectivity index (χ2n) is 7.43. The third kappa shape index (κ3) is 5.65. The number of carbonyl (C=O) groups is 2. The van der Waals surface area contributed by atoms with Crippen LogP contribution in [-0.2, 0) is 14.3 Å². The fourth-order valence-corrected chi connectivity index (χ4v) is 3.51. The van der Waals surface area contributed by atoms with E-state index in [1.165, 1.54) is 17.0 Å². The van der Waals surface area contributed by atoms with Gasteiger partial charge in [-0.25, -0.2) is 0 Å². The summed E-state index contributed by atoms with van der Waals surface area (Å²) in [4.78, 5) is 28.3. The van der Waals surface area contributed by atoms with Crippen LogP contribution in [-0.4, -0.2) is 68.8 Å². The lowest BCUT2D eigenvalue weighted by atomic mass is 10.1. The van der Waals surface area contributed by atoms with Gasteiger partial charge in [-0.2, -0.15) is 8.78 Å². The van der Waals surface area contributed by atoms with Gasteiger partial charge in [0.05, 0.1) is 12.3 Å². The number of alkyl halides is 2. The lowest BCUT2D eigenvalue weighted by Gasteiger charge is -2.29. The molecule has 1 aromatic carbocycles. The monoisotopic (exact) mass is 426 g/mol. The van der Waals surface area contributed by atoms with Crippen molar-refractivity contribution < 1.29 is 27.8 Å². The van der Waals surface area contributed by atoms with E-state index in [1.807, 2.05) is 11.8 Å². The molecular formula is C20H28F2N4O4. The van der Waals surface area contributed by atoms with Gasteiger partial charge in [0.15, 0.2) is 5.75 Å². The number of benzene rings is 1. The largest absolute Gasteiger partial charge is 0.433 e. The topological polar surface area (TPSA) is 97.1 Å². The van der Waals surface area contributed by atoms with Gasteiger partial charge in [0.1, 0.15) is 12.6 Å². The summed E-state index contributed by atoms with van der Waals surface area (Å²) in [5.74, 6) is -0.289. The maximum absolute atomic E-state index is 13.0. The number of nitrogens with one attached hydrogen (secondary N) is 1. The average molecular weight is 426 g/mol. The van der Waals surface area contributed by atoms with Crippen LogP contribution in [0.15, 0.2) is 18.2 Å². The fourth-order valence-electron chi connectivity index (χ4n) is 3.51. The van der Waals surface area contributed by atoms with E-state index in [0.717, 1.165) is 19.4 Å². The number of amides is 2. The van der Waals surface area contributed by atoms with E-state index < -0.39 is 12.7 Å². The molecule has 8 nitrogen and oxygen atoms in total. The van der Waals surface area contributed by atoms with Gasteiger partial charge in [0, 0.05) is 31.4 Å². The fraction of sp³-hybridized carbons (Fsp3) is 0.600. The molecule has 1 saturated heterocycles. The van der Waals surface area contributed by atoms with E-state index >= 15 is 0 Å². The molecule has 0 bridgehead atoms. The zero-order chi connectivity index (χ0) is 21.7. The highest BCUT2D eigenvalue weighted by molar-refractivity contribution is 5.98. The SMILES string of the molecule is CCN(CC1CC1)[C@H](CN)C(=O)Nc1ccc(N2CCOCC2=O)cc1OC(F)F. The van der Waals surface area contributed by atoms with E-state index in [2.05, 4.69) is 10.1 Å². The Morgan fingerprint density at radius 2 is 2.20 bits per heavy atom. The molecule has 2 fully saturated rings. The molecule has 0 unspecified atom stereocenters. The Balaban J connectivity index is 1.78. The molecule has 1 atom stereocenters. The summed E-state index contributed by atoms with van der Waals surface area (Å²) < 4.78 is 35.7. The Morgan fingerprint density at radius 3 is 2.80 bits per heavy atom. The Morgan fingerprint density at radius 1 is 1.43 bits per heavy atom. The van der Waals surface area contributed by atoms with E-state index in [9.17, 15) is 18.4 Å². The standard InChI is InChI=1S/C20H28F2N4O4/c1-2-25(11-13-3-4-13)16(10-23)19(28)24-15-6-5-14(9-17(15)30-20(21)22)26-7-8-29-12-18(26)27/h5-6,9,13,16,20H,2-4,7-8,10-12,23H2,1H3,(H,24,28)/t16-/m1/s1. The molecule has 1 saturated carbocycles. The van der Waals surface area contributed by atoms with Crippen LogP contribution in [0.4, 0.5) is 20.2 Å². The summed E-state index contributed by atoms with van der Waals surface area (Å²) in [5, 5.41) is 2.67. The van der Waals surface area contributed by atoms with Crippen molar-refractivity contribution in [1.29, 1.82) is 0 Å². The highest BCUT2D eigenvalue weighted by Crippen LogP contribution is 2.33. The molecule has 2 aliphatic rings. The number of nitrogens with two attached hydrogens (primary N) is 1. The van der Waals surface area contributed by atoms with Gasteiger partial charge >= 0.3 is 6.61 Å². The smallest absolute Gasteiger partial charge is 0.387 e. The van der Waals surface area contributed by atoms with Crippen molar-refractivity contribution in [2.75, 3.05) is 49.6 Å². The zero-order valence-corrected chi connectivity index (χ0v) is 17.0. The number of rotatable bonds is 10. The highest BCUT2D eigenvalue weighted by atomic mass is 19.3. The maximum atomic E-state index is 13.0. The van der Waals surface area contributed by atoms with Gasteiger partial charge in [-0.05, 0) is 37.4 Å². The molecule has 1 aromatic rings. The van der Waals surface area contributed by atoms with Gasteiger partial charge in [-0.1, -0.05) is 6.92 Å². The molecule has 1 aliphatic carbocycles. The predicted octanol–water partition coefficient (Wildman–Crippen LogP) is 1.65. The van der Waals surface area contributed by atoms with Crippen LogP contribution >= 0.6 is 0 Å². The lowest BCUT2D eigenvalue weighted by Crippen LogP contribution is -2.49. The number of hydrogen-bond donors (Lipinski definition) is 2. The number of hydrogen-bond acceptors (Lipinski definition) is 6. The first-order valence-electron chi connectivity index (χ1n) is 10.1. The Bertz CT molecular complexity index is 760.